The van der Waals surface area contributed by atoms with Crippen molar-refractivity contribution >= 4 is 11.8 Å². The topological polar surface area (TPSA) is 39.1 Å². The van der Waals surface area contributed by atoms with Crippen molar-refractivity contribution in [2.45, 2.75) is 24.9 Å². The fourth-order valence-electron chi connectivity index (χ4n) is 2.01. The second-order valence-corrected chi connectivity index (χ2v) is 6.00. The van der Waals surface area contributed by atoms with Crippen molar-refractivity contribution in [3.63, 3.8) is 0 Å². The third kappa shape index (κ3) is 5.53. The van der Waals surface area contributed by atoms with Gasteiger partial charge < -0.3 is 14.6 Å². The molecule has 0 spiro atoms. The van der Waals surface area contributed by atoms with Crippen LogP contribution in [-0.2, 0) is 17.8 Å². The molecule has 0 radical (unpaired) electrons. The summed E-state index contributed by atoms with van der Waals surface area (Å²) in [5.41, 5.74) is 1.31. The molecule has 0 aliphatic rings. The van der Waals surface area contributed by atoms with Crippen molar-refractivity contribution in [2.75, 3.05) is 26.0 Å². The Morgan fingerprint density at radius 2 is 2.10 bits per heavy atom. The van der Waals surface area contributed by atoms with E-state index in [1.165, 1.54) is 10.5 Å². The number of benzene rings is 1. The Morgan fingerprint density at radius 1 is 1.29 bits per heavy atom. The summed E-state index contributed by atoms with van der Waals surface area (Å²) in [6, 6.07) is 8.76. The fraction of sp³-hybridized carbons (Fsp3) is 0.438. The van der Waals surface area contributed by atoms with Crippen LogP contribution in [0.5, 0.6) is 0 Å². The molecule has 1 aromatic heterocycles. The largest absolute Gasteiger partial charge is 0.383 e. The van der Waals surface area contributed by atoms with Gasteiger partial charge in [-0.3, -0.25) is 0 Å². The fourth-order valence-corrected chi connectivity index (χ4v) is 2.86. The van der Waals surface area contributed by atoms with Crippen LogP contribution >= 0.6 is 11.8 Å². The lowest BCUT2D eigenvalue weighted by Crippen LogP contribution is -2.18. The number of ether oxygens (including phenoxy) is 1. The monoisotopic (exact) mass is 305 g/mol. The quantitative estimate of drug-likeness (QED) is 0.571. The summed E-state index contributed by atoms with van der Waals surface area (Å²) in [5, 5.41) is 3.35. The molecule has 0 atom stereocenters. The Labute approximate surface area is 130 Å². The SMILES string of the molecule is COCCNCc1ccc(SCCn2ccnc2C)cc1. The number of methoxy groups -OCH3 is 1. The maximum absolute atomic E-state index is 5.01. The zero-order valence-electron chi connectivity index (χ0n) is 12.7. The Balaban J connectivity index is 1.71. The van der Waals surface area contributed by atoms with Crippen molar-refractivity contribution in [1.82, 2.24) is 14.9 Å². The van der Waals surface area contributed by atoms with Crippen LogP contribution < -0.4 is 5.32 Å². The highest BCUT2D eigenvalue weighted by molar-refractivity contribution is 7.99. The van der Waals surface area contributed by atoms with Crippen molar-refractivity contribution in [3.8, 4) is 0 Å². The molecular formula is C16H23N3OS. The molecule has 0 aliphatic carbocycles. The molecule has 2 rings (SSSR count). The molecule has 1 aromatic carbocycles. The second-order valence-electron chi connectivity index (χ2n) is 4.83. The van der Waals surface area contributed by atoms with Crippen molar-refractivity contribution < 1.29 is 4.74 Å². The normalized spacial score (nSPS) is 11.0. The standard InChI is InChI=1S/C16H23N3OS/c1-14-18-7-9-19(14)10-12-21-16-5-3-15(4-6-16)13-17-8-11-20-2/h3-7,9,17H,8,10-13H2,1-2H3. The zero-order valence-corrected chi connectivity index (χ0v) is 13.5. The first kappa shape index (κ1) is 16.1. The number of imidazole rings is 1. The van der Waals surface area contributed by atoms with Gasteiger partial charge in [-0.15, -0.1) is 11.8 Å². The number of nitrogens with zero attached hydrogens (tertiary/aromatic N) is 2. The van der Waals surface area contributed by atoms with Gasteiger partial charge in [0.2, 0.25) is 0 Å². The number of thioether (sulfide) groups is 1. The van der Waals surface area contributed by atoms with Crippen molar-refractivity contribution in [3.05, 3.63) is 48.0 Å². The van der Waals surface area contributed by atoms with E-state index in [1.54, 1.807) is 7.11 Å². The molecule has 0 bridgehead atoms. The minimum Gasteiger partial charge on any atom is -0.383 e. The number of hydrogen-bond acceptors (Lipinski definition) is 4. The van der Waals surface area contributed by atoms with Gasteiger partial charge in [0.05, 0.1) is 6.61 Å². The van der Waals surface area contributed by atoms with Gasteiger partial charge in [0.15, 0.2) is 0 Å². The van der Waals surface area contributed by atoms with E-state index in [2.05, 4.69) is 39.1 Å². The summed E-state index contributed by atoms with van der Waals surface area (Å²) in [6.07, 6.45) is 3.88. The first-order chi connectivity index (χ1) is 10.3. The van der Waals surface area contributed by atoms with Crippen LogP contribution in [0.1, 0.15) is 11.4 Å². The Hall–Kier alpha value is -1.30. The lowest BCUT2D eigenvalue weighted by molar-refractivity contribution is 0.199. The van der Waals surface area contributed by atoms with E-state index >= 15 is 0 Å². The van der Waals surface area contributed by atoms with E-state index in [-0.39, 0.29) is 0 Å². The molecule has 5 heteroatoms. The number of aryl methyl sites for hydroxylation is 2. The van der Waals surface area contributed by atoms with Gasteiger partial charge in [0.1, 0.15) is 5.82 Å². The summed E-state index contributed by atoms with van der Waals surface area (Å²) < 4.78 is 7.19. The zero-order chi connectivity index (χ0) is 14.9. The van der Waals surface area contributed by atoms with E-state index in [0.717, 1.165) is 37.8 Å². The third-order valence-corrected chi connectivity index (χ3v) is 4.25. The molecule has 0 fully saturated rings. The van der Waals surface area contributed by atoms with Crippen molar-refractivity contribution in [1.29, 1.82) is 0 Å². The molecule has 1 heterocycles. The first-order valence-corrected chi connectivity index (χ1v) is 8.17. The molecule has 4 nitrogen and oxygen atoms in total. The van der Waals surface area contributed by atoms with Gasteiger partial charge in [-0.05, 0) is 24.6 Å². The van der Waals surface area contributed by atoms with E-state index < -0.39 is 0 Å². The first-order valence-electron chi connectivity index (χ1n) is 7.18. The maximum Gasteiger partial charge on any atom is 0.105 e. The molecule has 114 valence electrons. The average Bonchev–Trinajstić information content (AvgIpc) is 2.91. The highest BCUT2D eigenvalue weighted by Gasteiger charge is 1.99. The molecule has 0 aliphatic heterocycles. The minimum atomic E-state index is 0.752. The maximum atomic E-state index is 5.01. The molecule has 1 N–H and O–H groups in total. The van der Waals surface area contributed by atoms with Gasteiger partial charge in [-0.2, -0.15) is 0 Å². The number of hydrogen-bond donors (Lipinski definition) is 1. The number of rotatable bonds is 9. The van der Waals surface area contributed by atoms with Crippen LogP contribution in [0.15, 0.2) is 41.6 Å². The third-order valence-electron chi connectivity index (χ3n) is 3.26. The van der Waals surface area contributed by atoms with E-state index in [4.69, 9.17) is 4.74 Å². The lowest BCUT2D eigenvalue weighted by atomic mass is 10.2. The summed E-state index contributed by atoms with van der Waals surface area (Å²) >= 11 is 1.88. The molecular weight excluding hydrogens is 282 g/mol. The lowest BCUT2D eigenvalue weighted by Gasteiger charge is -2.07. The Bertz CT molecular complexity index is 525. The summed E-state index contributed by atoms with van der Waals surface area (Å²) in [7, 11) is 1.72. The molecule has 0 amide bonds. The predicted octanol–water partition coefficient (Wildman–Crippen LogP) is 2.72. The van der Waals surface area contributed by atoms with Crippen LogP contribution in [0.3, 0.4) is 0 Å². The minimum absolute atomic E-state index is 0.752. The predicted molar refractivity (Wildman–Crippen MR) is 87.7 cm³/mol. The Morgan fingerprint density at radius 3 is 2.76 bits per heavy atom. The smallest absolute Gasteiger partial charge is 0.105 e. The van der Waals surface area contributed by atoms with Crippen LogP contribution in [0.4, 0.5) is 0 Å². The average molecular weight is 305 g/mol. The van der Waals surface area contributed by atoms with Crippen LogP contribution in [0.25, 0.3) is 0 Å². The molecule has 21 heavy (non-hydrogen) atoms. The number of nitrogens with one attached hydrogen (secondary N) is 1. The van der Waals surface area contributed by atoms with Crippen molar-refractivity contribution in [2.24, 2.45) is 0 Å². The van der Waals surface area contributed by atoms with E-state index in [9.17, 15) is 0 Å². The van der Waals surface area contributed by atoms with Gasteiger partial charge in [-0.25, -0.2) is 4.98 Å². The molecule has 0 saturated carbocycles. The highest BCUT2D eigenvalue weighted by atomic mass is 32.2. The summed E-state index contributed by atoms with van der Waals surface area (Å²) in [4.78, 5) is 5.55. The summed E-state index contributed by atoms with van der Waals surface area (Å²) in [5.74, 6) is 2.14. The second kappa shape index (κ2) is 8.87. The highest BCUT2D eigenvalue weighted by Crippen LogP contribution is 2.19. The van der Waals surface area contributed by atoms with Gasteiger partial charge in [-0.1, -0.05) is 12.1 Å². The Kier molecular flexibility index (Phi) is 6.79. The molecule has 0 saturated heterocycles. The van der Waals surface area contributed by atoms with Gasteiger partial charge in [0.25, 0.3) is 0 Å². The van der Waals surface area contributed by atoms with E-state index in [1.807, 2.05) is 31.1 Å². The summed E-state index contributed by atoms with van der Waals surface area (Å²) in [6.45, 7) is 5.56. The van der Waals surface area contributed by atoms with Crippen LogP contribution in [0.2, 0.25) is 0 Å². The number of aromatic nitrogens is 2. The van der Waals surface area contributed by atoms with Crippen LogP contribution in [-0.4, -0.2) is 35.6 Å². The molecule has 2 aromatic rings. The van der Waals surface area contributed by atoms with Crippen LogP contribution in [0, 0.1) is 6.92 Å². The van der Waals surface area contributed by atoms with Gasteiger partial charge >= 0.3 is 0 Å². The van der Waals surface area contributed by atoms with Gasteiger partial charge in [0, 0.05) is 49.8 Å². The van der Waals surface area contributed by atoms with E-state index in [0.29, 0.717) is 0 Å². The molecule has 0 unspecified atom stereocenters.